The van der Waals surface area contributed by atoms with Crippen LogP contribution in [0, 0.1) is 0 Å². The number of ether oxygens (including phenoxy) is 2. The number of alkyl halides is 1. The highest BCUT2D eigenvalue weighted by Gasteiger charge is 2.49. The Labute approximate surface area is 225 Å². The van der Waals surface area contributed by atoms with E-state index in [1.54, 1.807) is 24.3 Å². The molecule has 37 heavy (non-hydrogen) atoms. The number of anilines is 1. The highest BCUT2D eigenvalue weighted by Crippen LogP contribution is 2.47. The smallest absolute Gasteiger partial charge is 0.411 e. The lowest BCUT2D eigenvalue weighted by Crippen LogP contribution is -2.45. The van der Waals surface area contributed by atoms with Gasteiger partial charge in [-0.15, -0.1) is 22.9 Å². The Morgan fingerprint density at radius 3 is 2.78 bits per heavy atom. The van der Waals surface area contributed by atoms with E-state index < -0.39 is 32.9 Å². The topological polar surface area (TPSA) is 120 Å². The number of amides is 2. The molecule has 1 unspecified atom stereocenters. The monoisotopic (exact) mass is 570 g/mol. The maximum absolute atomic E-state index is 13.4. The van der Waals surface area contributed by atoms with Gasteiger partial charge in [-0.1, -0.05) is 18.6 Å². The van der Waals surface area contributed by atoms with E-state index in [4.69, 9.17) is 25.9 Å². The van der Waals surface area contributed by atoms with Gasteiger partial charge in [0, 0.05) is 28.5 Å². The zero-order valence-corrected chi connectivity index (χ0v) is 22.8. The standard InChI is InChI=1S/C25H31ClN2O7S2/c26-12-14-34-24(30)27-19-7-5-6-18(16-19)20-9-10-21(36-20)25(11-2-4-15-37(25,31)32)17-22(29)28-35-23-8-1-3-13-33-23/h5-7,9-10,16,23H,1-4,8,11-15,17H2,(H,27,30)(H,28,29)/t23?,25-/m0/s1. The molecule has 0 bridgehead atoms. The molecule has 3 heterocycles. The molecule has 2 aliphatic heterocycles. The van der Waals surface area contributed by atoms with Crippen LogP contribution in [0.2, 0.25) is 0 Å². The zero-order valence-electron chi connectivity index (χ0n) is 20.4. The number of benzene rings is 1. The average Bonchev–Trinajstić information content (AvgIpc) is 3.39. The molecule has 9 nitrogen and oxygen atoms in total. The van der Waals surface area contributed by atoms with Crippen molar-refractivity contribution in [3.8, 4) is 10.4 Å². The summed E-state index contributed by atoms with van der Waals surface area (Å²) in [6.07, 6.45) is 2.86. The summed E-state index contributed by atoms with van der Waals surface area (Å²) in [5.74, 6) is -0.255. The van der Waals surface area contributed by atoms with Gasteiger partial charge in [-0.05, 0) is 55.5 Å². The van der Waals surface area contributed by atoms with E-state index in [2.05, 4.69) is 10.8 Å². The van der Waals surface area contributed by atoms with E-state index >= 15 is 0 Å². The van der Waals surface area contributed by atoms with Gasteiger partial charge < -0.3 is 9.47 Å². The van der Waals surface area contributed by atoms with Gasteiger partial charge in [0.05, 0.1) is 18.1 Å². The minimum atomic E-state index is -3.60. The zero-order chi connectivity index (χ0) is 26.3. The summed E-state index contributed by atoms with van der Waals surface area (Å²) in [6.45, 7) is 0.673. The second-order valence-electron chi connectivity index (χ2n) is 9.08. The molecule has 2 N–H and O–H groups in total. The molecule has 2 atom stereocenters. The van der Waals surface area contributed by atoms with Gasteiger partial charge >= 0.3 is 6.09 Å². The molecule has 1 aromatic carbocycles. The van der Waals surface area contributed by atoms with Crippen LogP contribution < -0.4 is 10.8 Å². The summed E-state index contributed by atoms with van der Waals surface area (Å²) < 4.78 is 36.0. The van der Waals surface area contributed by atoms with Crippen molar-refractivity contribution in [1.82, 2.24) is 5.48 Å². The lowest BCUT2D eigenvalue weighted by molar-refractivity contribution is -0.200. The maximum atomic E-state index is 13.4. The highest BCUT2D eigenvalue weighted by atomic mass is 35.5. The summed E-state index contributed by atoms with van der Waals surface area (Å²) in [7, 11) is -3.60. The van der Waals surface area contributed by atoms with Crippen molar-refractivity contribution in [1.29, 1.82) is 0 Å². The second kappa shape index (κ2) is 12.6. The molecule has 2 fully saturated rings. The van der Waals surface area contributed by atoms with Crippen LogP contribution in [0.15, 0.2) is 36.4 Å². The summed E-state index contributed by atoms with van der Waals surface area (Å²) in [5, 5.41) is 2.66. The molecule has 2 aromatic rings. The first-order chi connectivity index (χ1) is 17.8. The number of hydrogen-bond donors (Lipinski definition) is 2. The van der Waals surface area contributed by atoms with E-state index in [9.17, 15) is 18.0 Å². The van der Waals surface area contributed by atoms with E-state index in [1.165, 1.54) is 11.3 Å². The molecule has 0 radical (unpaired) electrons. The van der Waals surface area contributed by atoms with Crippen molar-refractivity contribution in [2.45, 2.75) is 56.0 Å². The van der Waals surface area contributed by atoms with E-state index in [0.717, 1.165) is 23.3 Å². The summed E-state index contributed by atoms with van der Waals surface area (Å²) in [4.78, 5) is 31.6. The third kappa shape index (κ3) is 6.83. The molecule has 0 saturated carbocycles. The molecule has 2 aliphatic rings. The summed E-state index contributed by atoms with van der Waals surface area (Å²) in [5.41, 5.74) is 3.76. The van der Waals surface area contributed by atoms with Crippen molar-refractivity contribution in [3.05, 3.63) is 41.3 Å². The number of rotatable bonds is 9. The first-order valence-corrected chi connectivity index (χ1v) is 15.3. The van der Waals surface area contributed by atoms with Crippen molar-refractivity contribution in [2.75, 3.05) is 30.2 Å². The maximum Gasteiger partial charge on any atom is 0.411 e. The number of hydrogen-bond acceptors (Lipinski definition) is 8. The van der Waals surface area contributed by atoms with Crippen LogP contribution in [0.1, 0.15) is 49.8 Å². The Hall–Kier alpha value is -2.18. The van der Waals surface area contributed by atoms with Crippen LogP contribution in [0.3, 0.4) is 0 Å². The molecule has 1 aromatic heterocycles. The molecule has 12 heteroatoms. The van der Waals surface area contributed by atoms with E-state index in [0.29, 0.717) is 42.9 Å². The van der Waals surface area contributed by atoms with Crippen molar-refractivity contribution in [2.24, 2.45) is 0 Å². The van der Waals surface area contributed by atoms with Gasteiger partial charge in [0.15, 0.2) is 16.1 Å². The average molecular weight is 571 g/mol. The third-order valence-corrected chi connectivity index (χ3v) is 10.7. The summed E-state index contributed by atoms with van der Waals surface area (Å²) >= 11 is 6.89. The minimum Gasteiger partial charge on any atom is -0.448 e. The number of sulfone groups is 1. The molecular weight excluding hydrogens is 540 g/mol. The normalized spacial score (nSPS) is 23.2. The van der Waals surface area contributed by atoms with Crippen LogP contribution in [-0.4, -0.2) is 51.6 Å². The van der Waals surface area contributed by atoms with Gasteiger partial charge in [0.1, 0.15) is 11.4 Å². The lowest BCUT2D eigenvalue weighted by atomic mass is 9.94. The molecule has 0 spiro atoms. The quantitative estimate of drug-likeness (QED) is 0.323. The fraction of sp³-hybridized carbons (Fsp3) is 0.520. The minimum absolute atomic E-state index is 0.0317. The highest BCUT2D eigenvalue weighted by molar-refractivity contribution is 7.92. The fourth-order valence-electron chi connectivity index (χ4n) is 4.62. The Morgan fingerprint density at radius 2 is 2.03 bits per heavy atom. The van der Waals surface area contributed by atoms with E-state index in [-0.39, 0.29) is 24.7 Å². The van der Waals surface area contributed by atoms with Gasteiger partial charge in [-0.2, -0.15) is 0 Å². The SMILES string of the molecule is O=C(C[C@]1(c2ccc(-c3cccc(NC(=O)OCCCl)c3)s2)CCCCS1(=O)=O)NOC1CCCCO1. The molecule has 2 saturated heterocycles. The lowest BCUT2D eigenvalue weighted by Gasteiger charge is -2.35. The Kier molecular flexibility index (Phi) is 9.46. The molecular formula is C25H31ClN2O7S2. The van der Waals surface area contributed by atoms with Crippen LogP contribution in [-0.2, 0) is 33.7 Å². The molecule has 4 rings (SSSR count). The van der Waals surface area contributed by atoms with Gasteiger partial charge in [-0.25, -0.2) is 23.5 Å². The number of carbonyl (C=O) groups excluding carboxylic acids is 2. The van der Waals surface area contributed by atoms with Gasteiger partial charge in [0.25, 0.3) is 0 Å². The largest absolute Gasteiger partial charge is 0.448 e. The Bertz CT molecular complexity index is 1200. The third-order valence-electron chi connectivity index (χ3n) is 6.49. The Morgan fingerprint density at radius 1 is 1.16 bits per heavy atom. The van der Waals surface area contributed by atoms with Crippen molar-refractivity contribution in [3.63, 3.8) is 0 Å². The number of hydroxylamine groups is 1. The number of nitrogens with one attached hydrogen (secondary N) is 2. The molecule has 0 aliphatic carbocycles. The molecule has 202 valence electrons. The van der Waals surface area contributed by atoms with Crippen molar-refractivity contribution >= 4 is 50.5 Å². The molecule has 2 amide bonds. The second-order valence-corrected chi connectivity index (χ2v) is 13.0. The van der Waals surface area contributed by atoms with E-state index in [1.807, 2.05) is 12.1 Å². The van der Waals surface area contributed by atoms with Gasteiger partial charge in [-0.3, -0.25) is 10.1 Å². The summed E-state index contributed by atoms with van der Waals surface area (Å²) in [6, 6.07) is 10.8. The number of thiophene rings is 1. The predicted octanol–water partition coefficient (Wildman–Crippen LogP) is 4.96. The van der Waals surface area contributed by atoms with Crippen LogP contribution in [0.25, 0.3) is 10.4 Å². The number of carbonyl (C=O) groups is 2. The van der Waals surface area contributed by atoms with Crippen molar-refractivity contribution < 1.29 is 32.3 Å². The predicted molar refractivity (Wildman–Crippen MR) is 142 cm³/mol. The van der Waals surface area contributed by atoms with Crippen LogP contribution in [0.4, 0.5) is 10.5 Å². The Balaban J connectivity index is 1.53. The van der Waals surface area contributed by atoms with Gasteiger partial charge in [0.2, 0.25) is 5.91 Å². The fourth-order valence-corrected chi connectivity index (χ4v) is 8.47. The number of halogens is 1. The first-order valence-electron chi connectivity index (χ1n) is 12.3. The first kappa shape index (κ1) is 27.8. The van der Waals surface area contributed by atoms with Crippen LogP contribution in [0.5, 0.6) is 0 Å². The van der Waals surface area contributed by atoms with Crippen LogP contribution >= 0.6 is 22.9 Å².